The van der Waals surface area contributed by atoms with E-state index in [1.54, 1.807) is 11.3 Å². The molecule has 6 heteroatoms. The number of aromatic nitrogens is 2. The summed E-state index contributed by atoms with van der Waals surface area (Å²) in [6, 6.07) is 4.24. The van der Waals surface area contributed by atoms with E-state index in [0.29, 0.717) is 5.82 Å². The molecule has 0 aromatic carbocycles. The SMILES string of the molecule is CCC(Nc1cnc(C(=O)O)cn1)c1cccs1. The highest BCUT2D eigenvalue weighted by Gasteiger charge is 2.11. The lowest BCUT2D eigenvalue weighted by atomic mass is 10.2. The number of carboxylic acids is 1. The van der Waals surface area contributed by atoms with Crippen LogP contribution in [0.5, 0.6) is 0 Å². The first-order chi connectivity index (χ1) is 8.70. The molecule has 18 heavy (non-hydrogen) atoms. The van der Waals surface area contributed by atoms with Crippen LogP contribution in [-0.2, 0) is 0 Å². The Labute approximate surface area is 109 Å². The number of thiophene rings is 1. The first-order valence-corrected chi connectivity index (χ1v) is 6.44. The van der Waals surface area contributed by atoms with Crippen LogP contribution in [0.1, 0.15) is 34.8 Å². The van der Waals surface area contributed by atoms with Crippen molar-refractivity contribution < 1.29 is 9.90 Å². The summed E-state index contributed by atoms with van der Waals surface area (Å²) < 4.78 is 0. The van der Waals surface area contributed by atoms with Crippen molar-refractivity contribution in [2.24, 2.45) is 0 Å². The number of nitrogens with zero attached hydrogens (tertiary/aromatic N) is 2. The third-order valence-corrected chi connectivity index (χ3v) is 3.47. The van der Waals surface area contributed by atoms with E-state index in [4.69, 9.17) is 5.11 Å². The van der Waals surface area contributed by atoms with E-state index in [0.717, 1.165) is 6.42 Å². The first-order valence-electron chi connectivity index (χ1n) is 5.56. The molecule has 0 aliphatic rings. The van der Waals surface area contributed by atoms with Gasteiger partial charge in [0, 0.05) is 4.88 Å². The molecule has 0 radical (unpaired) electrons. The lowest BCUT2D eigenvalue weighted by molar-refractivity contribution is 0.0690. The number of hydrogen-bond acceptors (Lipinski definition) is 5. The van der Waals surface area contributed by atoms with Crippen LogP contribution in [-0.4, -0.2) is 21.0 Å². The molecule has 2 aromatic rings. The number of anilines is 1. The second-order valence-electron chi connectivity index (χ2n) is 3.71. The zero-order valence-corrected chi connectivity index (χ0v) is 10.6. The largest absolute Gasteiger partial charge is 0.476 e. The van der Waals surface area contributed by atoms with E-state index in [9.17, 15) is 4.79 Å². The monoisotopic (exact) mass is 263 g/mol. The summed E-state index contributed by atoms with van der Waals surface area (Å²) in [4.78, 5) is 19.8. The van der Waals surface area contributed by atoms with E-state index in [-0.39, 0.29) is 11.7 Å². The molecule has 94 valence electrons. The molecule has 1 unspecified atom stereocenters. The van der Waals surface area contributed by atoms with Crippen LogP contribution in [0.2, 0.25) is 0 Å². The molecule has 1 atom stereocenters. The van der Waals surface area contributed by atoms with Crippen molar-refractivity contribution in [2.75, 3.05) is 5.32 Å². The summed E-state index contributed by atoms with van der Waals surface area (Å²) in [5.74, 6) is -0.486. The maximum atomic E-state index is 10.7. The van der Waals surface area contributed by atoms with E-state index in [2.05, 4.69) is 28.3 Å². The number of nitrogens with one attached hydrogen (secondary N) is 1. The highest BCUT2D eigenvalue weighted by molar-refractivity contribution is 7.10. The maximum absolute atomic E-state index is 10.7. The minimum atomic E-state index is -1.07. The van der Waals surface area contributed by atoms with Crippen LogP contribution < -0.4 is 5.32 Å². The Morgan fingerprint density at radius 1 is 1.50 bits per heavy atom. The molecule has 0 amide bonds. The number of hydrogen-bond donors (Lipinski definition) is 2. The van der Waals surface area contributed by atoms with Gasteiger partial charge in [-0.05, 0) is 17.9 Å². The van der Waals surface area contributed by atoms with Gasteiger partial charge in [0.1, 0.15) is 5.82 Å². The molecule has 0 saturated heterocycles. The maximum Gasteiger partial charge on any atom is 0.356 e. The first kappa shape index (κ1) is 12.5. The highest BCUT2D eigenvalue weighted by atomic mass is 32.1. The van der Waals surface area contributed by atoms with E-state index < -0.39 is 5.97 Å². The van der Waals surface area contributed by atoms with Crippen molar-refractivity contribution in [3.05, 3.63) is 40.5 Å². The second kappa shape index (κ2) is 5.59. The van der Waals surface area contributed by atoms with Gasteiger partial charge in [0.15, 0.2) is 5.69 Å². The average Bonchev–Trinajstić information content (AvgIpc) is 2.90. The molecule has 2 aromatic heterocycles. The minimum Gasteiger partial charge on any atom is -0.476 e. The van der Waals surface area contributed by atoms with Crippen LogP contribution in [0.4, 0.5) is 5.82 Å². The third-order valence-electron chi connectivity index (χ3n) is 2.49. The van der Waals surface area contributed by atoms with E-state index >= 15 is 0 Å². The molecule has 0 aliphatic carbocycles. The van der Waals surface area contributed by atoms with Crippen molar-refractivity contribution in [1.82, 2.24) is 9.97 Å². The van der Waals surface area contributed by atoms with Gasteiger partial charge in [-0.15, -0.1) is 11.3 Å². The fourth-order valence-corrected chi connectivity index (χ4v) is 2.42. The Kier molecular flexibility index (Phi) is 3.88. The smallest absolute Gasteiger partial charge is 0.356 e. The molecular weight excluding hydrogens is 250 g/mol. The summed E-state index contributed by atoms with van der Waals surface area (Å²) in [6.07, 6.45) is 3.62. The van der Waals surface area contributed by atoms with Crippen LogP contribution in [0.15, 0.2) is 29.9 Å². The standard InChI is InChI=1S/C12H13N3O2S/c1-2-8(10-4-3-5-18-10)15-11-7-13-9(6-14-11)12(16)17/h3-8H,2H2,1H3,(H,14,15)(H,16,17). The third kappa shape index (κ3) is 2.84. The van der Waals surface area contributed by atoms with Crippen molar-refractivity contribution in [2.45, 2.75) is 19.4 Å². The second-order valence-corrected chi connectivity index (χ2v) is 4.69. The Balaban J connectivity index is 2.10. The summed E-state index contributed by atoms with van der Waals surface area (Å²) in [6.45, 7) is 2.08. The quantitative estimate of drug-likeness (QED) is 0.867. The molecule has 5 nitrogen and oxygen atoms in total. The number of carbonyl (C=O) groups is 1. The lowest BCUT2D eigenvalue weighted by Crippen LogP contribution is -2.10. The van der Waals surface area contributed by atoms with Crippen molar-refractivity contribution in [1.29, 1.82) is 0 Å². The molecule has 2 N–H and O–H groups in total. The average molecular weight is 263 g/mol. The molecule has 2 heterocycles. The Morgan fingerprint density at radius 3 is 2.83 bits per heavy atom. The molecule has 0 aliphatic heterocycles. The predicted octanol–water partition coefficient (Wildman–Crippen LogP) is 2.80. The lowest BCUT2D eigenvalue weighted by Gasteiger charge is -2.15. The van der Waals surface area contributed by atoms with Gasteiger partial charge >= 0.3 is 5.97 Å². The molecule has 0 fully saturated rings. The molecule has 0 saturated carbocycles. The Hall–Kier alpha value is -1.95. The zero-order valence-electron chi connectivity index (χ0n) is 9.83. The fraction of sp³-hybridized carbons (Fsp3) is 0.250. The van der Waals surface area contributed by atoms with Crippen LogP contribution in [0.25, 0.3) is 0 Å². The highest BCUT2D eigenvalue weighted by Crippen LogP contribution is 2.24. The Bertz CT molecular complexity index is 511. The van der Waals surface area contributed by atoms with Crippen molar-refractivity contribution >= 4 is 23.1 Å². The molecule has 2 rings (SSSR count). The number of carboxylic acid groups (broad SMARTS) is 1. The van der Waals surface area contributed by atoms with Gasteiger partial charge in [0.25, 0.3) is 0 Å². The zero-order chi connectivity index (χ0) is 13.0. The van der Waals surface area contributed by atoms with Gasteiger partial charge in [-0.3, -0.25) is 0 Å². The summed E-state index contributed by atoms with van der Waals surface area (Å²) >= 11 is 1.68. The predicted molar refractivity (Wildman–Crippen MR) is 70.0 cm³/mol. The van der Waals surface area contributed by atoms with Gasteiger partial charge < -0.3 is 10.4 Å². The van der Waals surface area contributed by atoms with Gasteiger partial charge in [-0.25, -0.2) is 14.8 Å². The van der Waals surface area contributed by atoms with Crippen molar-refractivity contribution in [3.8, 4) is 0 Å². The summed E-state index contributed by atoms with van der Waals surface area (Å²) in [5, 5.41) is 14.0. The number of aromatic carboxylic acids is 1. The summed E-state index contributed by atoms with van der Waals surface area (Å²) in [5.41, 5.74) is -0.0512. The number of rotatable bonds is 5. The molecular formula is C12H13N3O2S. The van der Waals surface area contributed by atoms with Gasteiger partial charge in [0.05, 0.1) is 18.4 Å². The fourth-order valence-electron chi connectivity index (χ4n) is 1.56. The van der Waals surface area contributed by atoms with Gasteiger partial charge in [0.2, 0.25) is 0 Å². The molecule has 0 spiro atoms. The normalized spacial score (nSPS) is 12.1. The summed E-state index contributed by atoms with van der Waals surface area (Å²) in [7, 11) is 0. The van der Waals surface area contributed by atoms with E-state index in [1.165, 1.54) is 17.3 Å². The minimum absolute atomic E-state index is 0.0512. The van der Waals surface area contributed by atoms with Crippen LogP contribution >= 0.6 is 11.3 Å². The van der Waals surface area contributed by atoms with Gasteiger partial charge in [-0.2, -0.15) is 0 Å². The van der Waals surface area contributed by atoms with Crippen LogP contribution in [0.3, 0.4) is 0 Å². The van der Waals surface area contributed by atoms with E-state index in [1.807, 2.05) is 11.4 Å². The van der Waals surface area contributed by atoms with Crippen molar-refractivity contribution in [3.63, 3.8) is 0 Å². The van der Waals surface area contributed by atoms with Gasteiger partial charge in [-0.1, -0.05) is 13.0 Å². The topological polar surface area (TPSA) is 75.1 Å². The van der Waals surface area contributed by atoms with Crippen LogP contribution in [0, 0.1) is 0 Å². The Morgan fingerprint density at radius 2 is 2.33 bits per heavy atom. The molecule has 0 bridgehead atoms.